The summed E-state index contributed by atoms with van der Waals surface area (Å²) < 4.78 is 28.6. The summed E-state index contributed by atoms with van der Waals surface area (Å²) in [6, 6.07) is 0.191. The number of hydrogen-bond acceptors (Lipinski definition) is 3. The molecular weight excluding hydrogens is 226 g/mol. The zero-order valence-electron chi connectivity index (χ0n) is 10.3. The van der Waals surface area contributed by atoms with Crippen LogP contribution >= 0.6 is 0 Å². The first-order valence-corrected chi connectivity index (χ1v) is 6.54. The van der Waals surface area contributed by atoms with Crippen molar-refractivity contribution in [1.82, 2.24) is 5.43 Å². The number of hydrogen-bond donors (Lipinski definition) is 2. The monoisotopic (exact) mass is 250 g/mol. The molecule has 1 rings (SSSR count). The molecule has 0 radical (unpaired) electrons. The second-order valence-corrected chi connectivity index (χ2v) is 4.86. The second-order valence-electron chi connectivity index (χ2n) is 4.86. The molecule has 0 spiro atoms. The molecule has 0 aromatic rings. The summed E-state index contributed by atoms with van der Waals surface area (Å²) in [4.78, 5) is 0. The molecule has 0 bridgehead atoms. The van der Waals surface area contributed by atoms with E-state index in [1.165, 1.54) is 32.1 Å². The largest absolute Gasteiger partial charge is 0.375 e. The predicted octanol–water partition coefficient (Wildman–Crippen LogP) is 2.46. The lowest BCUT2D eigenvalue weighted by molar-refractivity contribution is 0.0136. The Morgan fingerprint density at radius 1 is 1.24 bits per heavy atom. The minimum atomic E-state index is -2.38. The molecule has 17 heavy (non-hydrogen) atoms. The summed E-state index contributed by atoms with van der Waals surface area (Å²) in [6.07, 6.45) is 5.88. The van der Waals surface area contributed by atoms with Crippen LogP contribution < -0.4 is 11.3 Å². The first-order valence-electron chi connectivity index (χ1n) is 6.54. The third-order valence-corrected chi connectivity index (χ3v) is 3.43. The molecule has 1 atom stereocenters. The van der Waals surface area contributed by atoms with Gasteiger partial charge in [0.1, 0.15) is 6.61 Å². The topological polar surface area (TPSA) is 47.3 Å². The first-order chi connectivity index (χ1) is 8.22. The molecule has 0 aromatic heterocycles. The molecule has 0 aliphatic heterocycles. The average molecular weight is 250 g/mol. The molecule has 0 saturated heterocycles. The Hall–Kier alpha value is -0.260. The highest BCUT2D eigenvalue weighted by Crippen LogP contribution is 2.27. The summed E-state index contributed by atoms with van der Waals surface area (Å²) in [5.74, 6) is 6.21. The van der Waals surface area contributed by atoms with Gasteiger partial charge in [-0.05, 0) is 18.8 Å². The van der Waals surface area contributed by atoms with E-state index < -0.39 is 13.0 Å². The van der Waals surface area contributed by atoms with E-state index in [0.29, 0.717) is 13.0 Å². The van der Waals surface area contributed by atoms with Crippen LogP contribution in [0.4, 0.5) is 8.78 Å². The van der Waals surface area contributed by atoms with Gasteiger partial charge in [0.05, 0.1) is 0 Å². The Labute approximate surface area is 102 Å². The van der Waals surface area contributed by atoms with Gasteiger partial charge in [-0.2, -0.15) is 0 Å². The van der Waals surface area contributed by atoms with Crippen molar-refractivity contribution in [2.75, 3.05) is 13.2 Å². The number of rotatable bonds is 8. The van der Waals surface area contributed by atoms with Crippen LogP contribution in [0.5, 0.6) is 0 Å². The van der Waals surface area contributed by atoms with E-state index >= 15 is 0 Å². The molecule has 0 amide bonds. The van der Waals surface area contributed by atoms with Crippen molar-refractivity contribution in [3.8, 4) is 0 Å². The van der Waals surface area contributed by atoms with Crippen molar-refractivity contribution in [3.63, 3.8) is 0 Å². The summed E-state index contributed by atoms with van der Waals surface area (Å²) >= 11 is 0. The molecule has 3 N–H and O–H groups in total. The van der Waals surface area contributed by atoms with Crippen molar-refractivity contribution in [2.45, 2.75) is 57.4 Å². The van der Waals surface area contributed by atoms with Gasteiger partial charge in [0.25, 0.3) is 6.43 Å². The molecule has 1 saturated carbocycles. The fraction of sp³-hybridized carbons (Fsp3) is 1.00. The summed E-state index contributed by atoms with van der Waals surface area (Å²) in [5.41, 5.74) is 2.77. The van der Waals surface area contributed by atoms with Crippen molar-refractivity contribution in [1.29, 1.82) is 0 Å². The smallest absolute Gasteiger partial charge is 0.261 e. The van der Waals surface area contributed by atoms with Crippen LogP contribution in [0.2, 0.25) is 0 Å². The first kappa shape index (κ1) is 14.8. The number of nitrogens with two attached hydrogens (primary N) is 1. The van der Waals surface area contributed by atoms with Gasteiger partial charge in [-0.15, -0.1) is 0 Å². The lowest BCUT2D eigenvalue weighted by Crippen LogP contribution is -2.37. The Balaban J connectivity index is 2.09. The predicted molar refractivity (Wildman–Crippen MR) is 63.7 cm³/mol. The second kappa shape index (κ2) is 8.78. The van der Waals surface area contributed by atoms with E-state index in [2.05, 4.69) is 5.43 Å². The molecule has 1 fully saturated rings. The third-order valence-electron chi connectivity index (χ3n) is 3.43. The van der Waals surface area contributed by atoms with Crippen LogP contribution in [-0.4, -0.2) is 25.7 Å². The van der Waals surface area contributed by atoms with Crippen LogP contribution in [0.15, 0.2) is 0 Å². The lowest BCUT2D eigenvalue weighted by atomic mass is 9.84. The fourth-order valence-electron chi connectivity index (χ4n) is 2.49. The highest BCUT2D eigenvalue weighted by Gasteiger charge is 2.18. The number of halogens is 2. The Morgan fingerprint density at radius 3 is 2.53 bits per heavy atom. The highest BCUT2D eigenvalue weighted by atomic mass is 19.3. The molecule has 1 aliphatic carbocycles. The van der Waals surface area contributed by atoms with Gasteiger partial charge in [0, 0.05) is 12.6 Å². The van der Waals surface area contributed by atoms with E-state index in [9.17, 15) is 8.78 Å². The van der Waals surface area contributed by atoms with E-state index in [1.807, 2.05) is 0 Å². The third kappa shape index (κ3) is 6.91. The van der Waals surface area contributed by atoms with E-state index in [4.69, 9.17) is 10.6 Å². The molecule has 3 nitrogen and oxygen atoms in total. The van der Waals surface area contributed by atoms with Crippen LogP contribution in [0.3, 0.4) is 0 Å². The zero-order chi connectivity index (χ0) is 12.5. The molecular formula is C12H24F2N2O. The van der Waals surface area contributed by atoms with Crippen molar-refractivity contribution < 1.29 is 13.5 Å². The van der Waals surface area contributed by atoms with Crippen molar-refractivity contribution in [2.24, 2.45) is 11.8 Å². The maximum atomic E-state index is 11.8. The summed E-state index contributed by atoms with van der Waals surface area (Å²) in [7, 11) is 0. The van der Waals surface area contributed by atoms with Gasteiger partial charge >= 0.3 is 0 Å². The van der Waals surface area contributed by atoms with E-state index in [1.54, 1.807) is 0 Å². The highest BCUT2D eigenvalue weighted by molar-refractivity contribution is 4.73. The summed E-state index contributed by atoms with van der Waals surface area (Å²) in [5, 5.41) is 0. The number of hydrazine groups is 1. The number of nitrogens with one attached hydrogen (secondary N) is 1. The van der Waals surface area contributed by atoms with Crippen LogP contribution in [0, 0.1) is 5.92 Å². The fourth-order valence-corrected chi connectivity index (χ4v) is 2.49. The standard InChI is InChI=1S/C12H24F2N2O/c13-12(14)9-17-7-6-11(16-15)8-10-4-2-1-3-5-10/h10-12,16H,1-9,15H2. The number of alkyl halides is 2. The van der Waals surface area contributed by atoms with Crippen LogP contribution in [0.25, 0.3) is 0 Å². The SMILES string of the molecule is NNC(CCOCC(F)F)CC1CCCCC1. The van der Waals surface area contributed by atoms with Gasteiger partial charge < -0.3 is 4.74 Å². The van der Waals surface area contributed by atoms with Crippen molar-refractivity contribution >= 4 is 0 Å². The van der Waals surface area contributed by atoms with Gasteiger partial charge in [-0.1, -0.05) is 32.1 Å². The summed E-state index contributed by atoms with van der Waals surface area (Å²) in [6.45, 7) is -0.118. The maximum absolute atomic E-state index is 11.8. The minimum Gasteiger partial charge on any atom is -0.375 e. The zero-order valence-corrected chi connectivity index (χ0v) is 10.3. The normalized spacial score (nSPS) is 19.8. The van der Waals surface area contributed by atoms with E-state index in [0.717, 1.165) is 12.3 Å². The molecule has 5 heteroatoms. The minimum absolute atomic E-state index is 0.191. The van der Waals surface area contributed by atoms with Crippen LogP contribution in [0.1, 0.15) is 44.9 Å². The van der Waals surface area contributed by atoms with Crippen LogP contribution in [-0.2, 0) is 4.74 Å². The Morgan fingerprint density at radius 2 is 1.94 bits per heavy atom. The van der Waals surface area contributed by atoms with Gasteiger partial charge in [0.15, 0.2) is 0 Å². The lowest BCUT2D eigenvalue weighted by Gasteiger charge is -2.26. The van der Waals surface area contributed by atoms with Gasteiger partial charge in [-0.3, -0.25) is 11.3 Å². The molecule has 0 aromatic carbocycles. The van der Waals surface area contributed by atoms with Crippen molar-refractivity contribution in [3.05, 3.63) is 0 Å². The average Bonchev–Trinajstić information content (AvgIpc) is 2.34. The molecule has 0 heterocycles. The van der Waals surface area contributed by atoms with E-state index in [-0.39, 0.29) is 6.04 Å². The maximum Gasteiger partial charge on any atom is 0.261 e. The molecule has 1 aliphatic rings. The van der Waals surface area contributed by atoms with Gasteiger partial charge in [-0.25, -0.2) is 8.78 Å². The molecule has 102 valence electrons. The Bertz CT molecular complexity index is 187. The number of ether oxygens (including phenoxy) is 1. The quantitative estimate of drug-likeness (QED) is 0.395. The molecule has 1 unspecified atom stereocenters. The van der Waals surface area contributed by atoms with Gasteiger partial charge in [0.2, 0.25) is 0 Å². The Kier molecular flexibility index (Phi) is 7.64.